The predicted octanol–water partition coefficient (Wildman–Crippen LogP) is 3.15. The zero-order valence-electron chi connectivity index (χ0n) is 11.7. The van der Waals surface area contributed by atoms with Crippen LogP contribution in [0.1, 0.15) is 37.7 Å². The van der Waals surface area contributed by atoms with Gasteiger partial charge < -0.3 is 10.0 Å². The van der Waals surface area contributed by atoms with Crippen molar-refractivity contribution < 1.29 is 9.90 Å². The maximum absolute atomic E-state index is 12.5. The molecular formula is C16H22BrNO2. The van der Waals surface area contributed by atoms with E-state index < -0.39 is 0 Å². The third-order valence-corrected chi connectivity index (χ3v) is 4.41. The molecule has 2 rings (SSSR count). The molecule has 0 unspecified atom stereocenters. The van der Waals surface area contributed by atoms with E-state index in [4.69, 9.17) is 0 Å². The van der Waals surface area contributed by atoms with Crippen LogP contribution in [0.5, 0.6) is 0 Å². The maximum Gasteiger partial charge on any atom is 0.227 e. The Balaban J connectivity index is 2.02. The molecule has 1 aliphatic rings. The number of carbonyl (C=O) groups excluding carboxylic acids is 1. The highest BCUT2D eigenvalue weighted by Gasteiger charge is 2.24. The number of carbonyl (C=O) groups is 1. The average Bonchev–Trinajstić information content (AvgIpc) is 2.45. The van der Waals surface area contributed by atoms with E-state index in [1.54, 1.807) is 0 Å². The number of aliphatic hydroxyl groups is 1. The van der Waals surface area contributed by atoms with Crippen LogP contribution in [-0.2, 0) is 11.2 Å². The molecule has 1 aromatic carbocycles. The van der Waals surface area contributed by atoms with E-state index in [9.17, 15) is 9.90 Å². The number of hydrogen-bond donors (Lipinski definition) is 1. The van der Waals surface area contributed by atoms with E-state index in [0.717, 1.165) is 22.9 Å². The zero-order chi connectivity index (χ0) is 14.4. The van der Waals surface area contributed by atoms with E-state index in [1.807, 2.05) is 29.2 Å². The van der Waals surface area contributed by atoms with Crippen molar-refractivity contribution in [2.75, 3.05) is 13.2 Å². The SMILES string of the molecule is O=C(Cc1cccc(Br)c1)N(CCO)C1CCCCC1. The van der Waals surface area contributed by atoms with Gasteiger partial charge in [-0.05, 0) is 30.5 Å². The molecule has 4 heteroatoms. The zero-order valence-corrected chi connectivity index (χ0v) is 13.3. The summed E-state index contributed by atoms with van der Waals surface area (Å²) in [7, 11) is 0. The Morgan fingerprint density at radius 1 is 1.30 bits per heavy atom. The van der Waals surface area contributed by atoms with Crippen molar-refractivity contribution in [3.8, 4) is 0 Å². The van der Waals surface area contributed by atoms with Crippen LogP contribution < -0.4 is 0 Å². The van der Waals surface area contributed by atoms with Crippen molar-refractivity contribution in [1.29, 1.82) is 0 Å². The number of nitrogens with zero attached hydrogens (tertiary/aromatic N) is 1. The van der Waals surface area contributed by atoms with Gasteiger partial charge in [-0.2, -0.15) is 0 Å². The lowest BCUT2D eigenvalue weighted by atomic mass is 9.93. The third-order valence-electron chi connectivity index (χ3n) is 3.92. The molecule has 1 amide bonds. The van der Waals surface area contributed by atoms with E-state index in [1.165, 1.54) is 19.3 Å². The molecular weight excluding hydrogens is 318 g/mol. The van der Waals surface area contributed by atoms with Crippen molar-refractivity contribution in [3.63, 3.8) is 0 Å². The van der Waals surface area contributed by atoms with Crippen LogP contribution in [0.25, 0.3) is 0 Å². The third kappa shape index (κ3) is 4.32. The number of hydrogen-bond acceptors (Lipinski definition) is 2. The van der Waals surface area contributed by atoms with Crippen molar-refractivity contribution in [2.45, 2.75) is 44.6 Å². The lowest BCUT2D eigenvalue weighted by molar-refractivity contribution is -0.134. The first kappa shape index (κ1) is 15.5. The standard InChI is InChI=1S/C16H22BrNO2/c17-14-6-4-5-13(11-14)12-16(20)18(9-10-19)15-7-2-1-3-8-15/h4-6,11,15,19H,1-3,7-10,12H2. The van der Waals surface area contributed by atoms with Gasteiger partial charge >= 0.3 is 0 Å². The van der Waals surface area contributed by atoms with E-state index in [-0.39, 0.29) is 12.5 Å². The molecule has 110 valence electrons. The highest BCUT2D eigenvalue weighted by atomic mass is 79.9. The average molecular weight is 340 g/mol. The number of amides is 1. The van der Waals surface area contributed by atoms with Crippen LogP contribution in [0.3, 0.4) is 0 Å². The summed E-state index contributed by atoms with van der Waals surface area (Å²) >= 11 is 3.43. The molecule has 0 saturated heterocycles. The van der Waals surface area contributed by atoms with Crippen LogP contribution >= 0.6 is 15.9 Å². The Morgan fingerprint density at radius 3 is 2.70 bits per heavy atom. The molecule has 0 bridgehead atoms. The normalized spacial score (nSPS) is 16.1. The summed E-state index contributed by atoms with van der Waals surface area (Å²) in [5.41, 5.74) is 1.02. The van der Waals surface area contributed by atoms with Crippen molar-refractivity contribution in [1.82, 2.24) is 4.90 Å². The van der Waals surface area contributed by atoms with Crippen molar-refractivity contribution in [2.24, 2.45) is 0 Å². The molecule has 0 aliphatic heterocycles. The first-order valence-corrected chi connectivity index (χ1v) is 8.15. The van der Waals surface area contributed by atoms with Crippen LogP contribution in [-0.4, -0.2) is 35.1 Å². The fourth-order valence-electron chi connectivity index (χ4n) is 2.93. The second-order valence-corrected chi connectivity index (χ2v) is 6.32. The number of halogens is 1. The molecule has 1 fully saturated rings. The van der Waals surface area contributed by atoms with Crippen LogP contribution in [0, 0.1) is 0 Å². The number of benzene rings is 1. The minimum atomic E-state index is 0.0424. The molecule has 1 N–H and O–H groups in total. The van der Waals surface area contributed by atoms with Crippen LogP contribution in [0.15, 0.2) is 28.7 Å². The summed E-state index contributed by atoms with van der Waals surface area (Å²) in [5, 5.41) is 9.23. The first-order valence-electron chi connectivity index (χ1n) is 7.35. The number of rotatable bonds is 5. The predicted molar refractivity (Wildman–Crippen MR) is 83.5 cm³/mol. The molecule has 1 saturated carbocycles. The summed E-state index contributed by atoms with van der Waals surface area (Å²) in [6, 6.07) is 8.18. The Labute approximate surface area is 129 Å². The van der Waals surface area contributed by atoms with Gasteiger partial charge in [0, 0.05) is 17.1 Å². The van der Waals surface area contributed by atoms with Gasteiger partial charge in [-0.15, -0.1) is 0 Å². The van der Waals surface area contributed by atoms with E-state index in [2.05, 4.69) is 15.9 Å². The van der Waals surface area contributed by atoms with Gasteiger partial charge in [-0.25, -0.2) is 0 Å². The Kier molecular flexibility index (Phi) is 6.05. The van der Waals surface area contributed by atoms with Gasteiger partial charge in [0.1, 0.15) is 0 Å². The van der Waals surface area contributed by atoms with Gasteiger partial charge in [0.25, 0.3) is 0 Å². The Hall–Kier alpha value is -0.870. The summed E-state index contributed by atoms with van der Waals surface area (Å²) in [6.07, 6.45) is 6.21. The van der Waals surface area contributed by atoms with Gasteiger partial charge in [0.2, 0.25) is 5.91 Å². The Bertz CT molecular complexity index is 444. The summed E-state index contributed by atoms with van der Waals surface area (Å²) < 4.78 is 0.995. The molecule has 1 aromatic rings. The highest BCUT2D eigenvalue weighted by molar-refractivity contribution is 9.10. The molecule has 0 heterocycles. The second-order valence-electron chi connectivity index (χ2n) is 5.41. The highest BCUT2D eigenvalue weighted by Crippen LogP contribution is 2.23. The largest absolute Gasteiger partial charge is 0.395 e. The smallest absolute Gasteiger partial charge is 0.227 e. The molecule has 0 spiro atoms. The fourth-order valence-corrected chi connectivity index (χ4v) is 3.38. The molecule has 1 aliphatic carbocycles. The minimum Gasteiger partial charge on any atom is -0.395 e. The topological polar surface area (TPSA) is 40.5 Å². The summed E-state index contributed by atoms with van der Waals surface area (Å²) in [4.78, 5) is 14.4. The van der Waals surface area contributed by atoms with Crippen molar-refractivity contribution in [3.05, 3.63) is 34.3 Å². The monoisotopic (exact) mass is 339 g/mol. The van der Waals surface area contributed by atoms with E-state index in [0.29, 0.717) is 19.0 Å². The van der Waals surface area contributed by atoms with Crippen LogP contribution in [0.2, 0.25) is 0 Å². The molecule has 0 aromatic heterocycles. The summed E-state index contributed by atoms with van der Waals surface area (Å²) in [5.74, 6) is 0.129. The minimum absolute atomic E-state index is 0.0424. The van der Waals surface area contributed by atoms with Gasteiger partial charge in [0.05, 0.1) is 13.0 Å². The summed E-state index contributed by atoms with van der Waals surface area (Å²) in [6.45, 7) is 0.498. The lowest BCUT2D eigenvalue weighted by Gasteiger charge is -2.34. The molecule has 0 radical (unpaired) electrons. The first-order chi connectivity index (χ1) is 9.70. The van der Waals surface area contributed by atoms with E-state index >= 15 is 0 Å². The molecule has 20 heavy (non-hydrogen) atoms. The molecule has 3 nitrogen and oxygen atoms in total. The van der Waals surface area contributed by atoms with Crippen LogP contribution in [0.4, 0.5) is 0 Å². The quantitative estimate of drug-likeness (QED) is 0.895. The molecule has 0 atom stereocenters. The number of aliphatic hydroxyl groups excluding tert-OH is 1. The Morgan fingerprint density at radius 2 is 2.05 bits per heavy atom. The maximum atomic E-state index is 12.5. The van der Waals surface area contributed by atoms with Gasteiger partial charge in [0.15, 0.2) is 0 Å². The van der Waals surface area contributed by atoms with Gasteiger partial charge in [-0.3, -0.25) is 4.79 Å². The fraction of sp³-hybridized carbons (Fsp3) is 0.562. The van der Waals surface area contributed by atoms with Gasteiger partial charge in [-0.1, -0.05) is 47.3 Å². The van der Waals surface area contributed by atoms with Crippen molar-refractivity contribution >= 4 is 21.8 Å². The second kappa shape index (κ2) is 7.79. The lowest BCUT2D eigenvalue weighted by Crippen LogP contribution is -2.43.